The molecule has 0 radical (unpaired) electrons. The Bertz CT molecular complexity index is 1090. The third-order valence-corrected chi connectivity index (χ3v) is 9.01. The van der Waals surface area contributed by atoms with E-state index in [-0.39, 0.29) is 22.7 Å². The van der Waals surface area contributed by atoms with Crippen molar-refractivity contribution in [1.29, 1.82) is 0 Å². The maximum atomic E-state index is 15.6. The minimum Gasteiger partial charge on any atom is -0.393 e. The first-order chi connectivity index (χ1) is 16.7. The normalized spacial score (nSPS) is 31.4. The Kier molecular flexibility index (Phi) is 7.25. The van der Waals surface area contributed by atoms with E-state index in [1.807, 2.05) is 18.9 Å². The van der Waals surface area contributed by atoms with E-state index in [9.17, 15) is 9.90 Å². The molecule has 0 aromatic heterocycles. The fourth-order valence-electron chi connectivity index (χ4n) is 7.20. The predicted octanol–water partition coefficient (Wildman–Crippen LogP) is 6.32. The molecule has 2 fully saturated rings. The lowest BCUT2D eigenvalue weighted by Gasteiger charge is -2.52. The number of anilines is 1. The second-order valence-electron chi connectivity index (χ2n) is 10.8. The summed E-state index contributed by atoms with van der Waals surface area (Å²) in [5, 5.41) is 10.9. The van der Waals surface area contributed by atoms with Crippen molar-refractivity contribution < 1.29 is 18.7 Å². The Balaban J connectivity index is 0.000000917. The summed E-state index contributed by atoms with van der Waals surface area (Å²) in [6, 6.07) is 2.90. The van der Waals surface area contributed by atoms with Crippen molar-refractivity contribution in [2.45, 2.75) is 77.7 Å². The summed E-state index contributed by atoms with van der Waals surface area (Å²) in [5.74, 6) is 1.53. The van der Waals surface area contributed by atoms with E-state index in [0.717, 1.165) is 36.8 Å². The van der Waals surface area contributed by atoms with Gasteiger partial charge in [-0.05, 0) is 99.0 Å². The molecule has 0 aliphatic heterocycles. The summed E-state index contributed by atoms with van der Waals surface area (Å²) >= 11 is 0. The van der Waals surface area contributed by atoms with Gasteiger partial charge in [0.25, 0.3) is 0 Å². The van der Waals surface area contributed by atoms with Gasteiger partial charge < -0.3 is 10.0 Å². The van der Waals surface area contributed by atoms with Crippen molar-refractivity contribution in [1.82, 2.24) is 0 Å². The Hall–Kier alpha value is -2.45. The molecule has 5 unspecified atom stereocenters. The molecule has 5 atom stereocenters. The summed E-state index contributed by atoms with van der Waals surface area (Å²) in [4.78, 5) is 13.9. The molecule has 0 amide bonds. The number of halogens is 2. The van der Waals surface area contributed by atoms with Crippen molar-refractivity contribution in [3.8, 4) is 12.3 Å². The highest BCUT2D eigenvalue weighted by Gasteiger charge is 2.57. The fourth-order valence-corrected chi connectivity index (χ4v) is 7.20. The number of ketones is 1. The van der Waals surface area contributed by atoms with E-state index in [2.05, 4.69) is 19.3 Å². The van der Waals surface area contributed by atoms with E-state index in [4.69, 9.17) is 0 Å². The summed E-state index contributed by atoms with van der Waals surface area (Å²) < 4.78 is 31.2. The number of carbonyl (C=O) groups excluding carboxylic acids is 1. The molecule has 4 aliphatic carbocycles. The maximum absolute atomic E-state index is 15.6. The molecule has 0 saturated heterocycles. The number of carbonyl (C=O) groups is 1. The molecule has 5 heteroatoms. The van der Waals surface area contributed by atoms with Crippen LogP contribution in [0.15, 0.2) is 34.9 Å². The van der Waals surface area contributed by atoms with Crippen molar-refractivity contribution >= 4 is 11.5 Å². The van der Waals surface area contributed by atoms with Crippen LogP contribution >= 0.6 is 0 Å². The van der Waals surface area contributed by atoms with Crippen LogP contribution in [-0.2, 0) is 4.79 Å². The second kappa shape index (κ2) is 9.90. The van der Waals surface area contributed by atoms with Gasteiger partial charge in [0.2, 0.25) is 0 Å². The number of hydrogen-bond donors (Lipinski definition) is 1. The molecular weight excluding hydrogens is 444 g/mol. The zero-order valence-electron chi connectivity index (χ0n) is 21.3. The van der Waals surface area contributed by atoms with Crippen LogP contribution in [0.25, 0.3) is 0 Å². The number of nitrogens with zero attached hydrogens (tertiary/aromatic N) is 1. The lowest BCUT2D eigenvalue weighted by molar-refractivity contribution is -0.114. The molecular formula is C30H37F2NO2. The van der Waals surface area contributed by atoms with E-state index < -0.39 is 23.7 Å². The van der Waals surface area contributed by atoms with Gasteiger partial charge in [-0.15, -0.1) is 12.3 Å². The van der Waals surface area contributed by atoms with Gasteiger partial charge in [0.05, 0.1) is 6.10 Å². The lowest BCUT2D eigenvalue weighted by atomic mass is 9.53. The van der Waals surface area contributed by atoms with Crippen molar-refractivity contribution in [3.63, 3.8) is 0 Å². The molecule has 1 N–H and O–H groups in total. The van der Waals surface area contributed by atoms with Crippen LogP contribution < -0.4 is 4.90 Å². The molecule has 0 heterocycles. The monoisotopic (exact) mass is 481 g/mol. The number of rotatable bonds is 3. The molecule has 0 spiro atoms. The van der Waals surface area contributed by atoms with E-state index in [1.54, 1.807) is 13.0 Å². The number of benzene rings is 1. The van der Waals surface area contributed by atoms with Crippen LogP contribution in [0.3, 0.4) is 0 Å². The van der Waals surface area contributed by atoms with Gasteiger partial charge in [-0.1, -0.05) is 12.5 Å². The Morgan fingerprint density at radius 3 is 2.46 bits per heavy atom. The average Bonchev–Trinajstić information content (AvgIpc) is 3.12. The Labute approximate surface area is 208 Å². The fraction of sp³-hybridized carbons (Fsp3) is 0.567. The highest BCUT2D eigenvalue weighted by atomic mass is 19.1. The first kappa shape index (κ1) is 25.6. The minimum atomic E-state index is -0.505. The first-order valence-corrected chi connectivity index (χ1v) is 12.9. The second-order valence-corrected chi connectivity index (χ2v) is 10.8. The molecule has 1 aromatic rings. The van der Waals surface area contributed by atoms with Gasteiger partial charge in [0, 0.05) is 37.2 Å². The van der Waals surface area contributed by atoms with Crippen LogP contribution in [0.2, 0.25) is 0 Å². The number of aliphatic hydroxyl groups is 1. The Morgan fingerprint density at radius 1 is 1.17 bits per heavy atom. The molecule has 3 nitrogen and oxygen atoms in total. The zero-order valence-corrected chi connectivity index (χ0v) is 21.3. The van der Waals surface area contributed by atoms with Gasteiger partial charge >= 0.3 is 0 Å². The number of allylic oxidation sites excluding steroid dienone is 4. The summed E-state index contributed by atoms with van der Waals surface area (Å²) in [6.45, 7) is 6.38. The quantitative estimate of drug-likeness (QED) is 0.514. The van der Waals surface area contributed by atoms with Crippen LogP contribution in [0.4, 0.5) is 14.5 Å². The zero-order chi connectivity index (χ0) is 25.5. The van der Waals surface area contributed by atoms with Crippen LogP contribution in [0.5, 0.6) is 0 Å². The lowest BCUT2D eigenvalue weighted by Crippen LogP contribution is -2.45. The van der Waals surface area contributed by atoms with Crippen molar-refractivity contribution in [2.75, 3.05) is 18.5 Å². The summed E-state index contributed by atoms with van der Waals surface area (Å²) in [6.07, 6.45) is 11.0. The molecule has 4 aliphatic rings. The minimum absolute atomic E-state index is 0.141. The van der Waals surface area contributed by atoms with E-state index >= 15 is 8.78 Å². The molecule has 1 aromatic carbocycles. The van der Waals surface area contributed by atoms with Gasteiger partial charge in [0.15, 0.2) is 5.78 Å². The third kappa shape index (κ3) is 4.35. The molecule has 0 bridgehead atoms. The van der Waals surface area contributed by atoms with Gasteiger partial charge in [-0.2, -0.15) is 0 Å². The van der Waals surface area contributed by atoms with Crippen LogP contribution in [0, 0.1) is 41.2 Å². The standard InChI is InChI=1S/C27H33F2NO2.C3H4/c1-4-30(3)16-12-22(28)26(23(29)13-16)20-14-27(2)21(9-10-24(27)32)19-7-5-15-11-17(31)6-8-18(15)25(19)20;1-3-2/h11-13,19-21,24,32H,4-10,14H2,1-3H3;1H,2H3. The van der Waals surface area contributed by atoms with Crippen molar-refractivity contribution in [3.05, 3.63) is 52.1 Å². The number of aliphatic hydroxyl groups excluding tert-OH is 1. The summed E-state index contributed by atoms with van der Waals surface area (Å²) in [5.41, 5.74) is 3.73. The van der Waals surface area contributed by atoms with E-state index in [0.29, 0.717) is 37.4 Å². The summed E-state index contributed by atoms with van der Waals surface area (Å²) in [7, 11) is 1.83. The van der Waals surface area contributed by atoms with Gasteiger partial charge in [-0.3, -0.25) is 4.79 Å². The van der Waals surface area contributed by atoms with Gasteiger partial charge in [0.1, 0.15) is 11.6 Å². The van der Waals surface area contributed by atoms with Gasteiger partial charge in [-0.25, -0.2) is 8.78 Å². The van der Waals surface area contributed by atoms with Crippen molar-refractivity contribution in [2.24, 2.45) is 17.3 Å². The largest absolute Gasteiger partial charge is 0.393 e. The molecule has 35 heavy (non-hydrogen) atoms. The smallest absolute Gasteiger partial charge is 0.156 e. The van der Waals surface area contributed by atoms with Crippen LogP contribution in [0.1, 0.15) is 77.2 Å². The molecule has 188 valence electrons. The topological polar surface area (TPSA) is 40.5 Å². The Morgan fingerprint density at radius 2 is 1.83 bits per heavy atom. The van der Waals surface area contributed by atoms with Crippen LogP contribution in [-0.4, -0.2) is 30.6 Å². The van der Waals surface area contributed by atoms with E-state index in [1.165, 1.54) is 17.7 Å². The average molecular weight is 482 g/mol. The first-order valence-electron chi connectivity index (χ1n) is 12.9. The number of terminal acetylenes is 1. The third-order valence-electron chi connectivity index (χ3n) is 9.01. The highest BCUT2D eigenvalue weighted by molar-refractivity contribution is 5.93. The number of fused-ring (bicyclic) bond motifs is 4. The number of hydrogen-bond acceptors (Lipinski definition) is 3. The predicted molar refractivity (Wildman–Crippen MR) is 136 cm³/mol. The molecule has 5 rings (SSSR count). The molecule has 2 saturated carbocycles. The highest BCUT2D eigenvalue weighted by Crippen LogP contribution is 2.64. The SMILES string of the molecule is C#CC.CCN(C)c1cc(F)c(C2CC3(C)C(O)CCC3C3CCC4=CC(=O)CCC4=C23)c(F)c1. The maximum Gasteiger partial charge on any atom is 0.156 e.